The Bertz CT molecular complexity index is 1170. The highest BCUT2D eigenvalue weighted by molar-refractivity contribution is 7.80. The molecule has 2 fully saturated rings. The summed E-state index contributed by atoms with van der Waals surface area (Å²) in [4.78, 5) is 7.21. The average Bonchev–Trinajstić information content (AvgIpc) is 3.32. The Labute approximate surface area is 207 Å². The van der Waals surface area contributed by atoms with E-state index in [1.165, 1.54) is 49.1 Å². The van der Waals surface area contributed by atoms with Crippen LogP contribution in [-0.2, 0) is 0 Å². The van der Waals surface area contributed by atoms with Crippen molar-refractivity contribution < 1.29 is 0 Å². The Kier molecular flexibility index (Phi) is 6.19. The van der Waals surface area contributed by atoms with E-state index in [1.807, 2.05) is 24.4 Å². The van der Waals surface area contributed by atoms with Gasteiger partial charge in [-0.2, -0.15) is 0 Å². The summed E-state index contributed by atoms with van der Waals surface area (Å²) in [6.45, 7) is 6.49. The first kappa shape index (κ1) is 22.4. The molecule has 1 aliphatic carbocycles. The number of pyridine rings is 1. The molecule has 0 unspecified atom stereocenters. The first-order valence-corrected chi connectivity index (χ1v) is 12.7. The highest BCUT2D eigenvalue weighted by Crippen LogP contribution is 2.44. The van der Waals surface area contributed by atoms with Gasteiger partial charge in [-0.3, -0.25) is 4.98 Å². The van der Waals surface area contributed by atoms with Crippen LogP contribution in [0.1, 0.15) is 72.4 Å². The van der Waals surface area contributed by atoms with Gasteiger partial charge in [0.15, 0.2) is 5.11 Å². The Morgan fingerprint density at radius 3 is 2.55 bits per heavy atom. The summed E-state index contributed by atoms with van der Waals surface area (Å²) < 4.78 is 2.34. The molecule has 2 aromatic heterocycles. The van der Waals surface area contributed by atoms with Gasteiger partial charge < -0.3 is 14.8 Å². The average molecular weight is 479 g/mol. The molecule has 2 atom stereocenters. The van der Waals surface area contributed by atoms with Gasteiger partial charge in [0.2, 0.25) is 0 Å². The number of aromatic nitrogens is 2. The molecule has 4 nitrogen and oxygen atoms in total. The van der Waals surface area contributed by atoms with Crippen LogP contribution < -0.4 is 5.32 Å². The standard InChI is InChI=1S/C27H31ClN4S/c1-17-16-21(19(3)31(17)24-14-9-12-22(28)18(24)2)26-25(23-13-7-8-15-29-23)30-27(33)32(26)20-10-5-4-6-11-20/h7-9,12-16,20,25-26H,4-6,10-11H2,1-3H3,(H,30,33)/t25-,26+/m0/s1. The number of nitrogens with one attached hydrogen (secondary N) is 1. The summed E-state index contributed by atoms with van der Waals surface area (Å²) in [5.74, 6) is 0. The number of thiocarbonyl (C=S) groups is 1. The summed E-state index contributed by atoms with van der Waals surface area (Å²) in [6, 6.07) is 15.2. The van der Waals surface area contributed by atoms with Crippen LogP contribution >= 0.6 is 23.8 Å². The summed E-state index contributed by atoms with van der Waals surface area (Å²) in [7, 11) is 0. The van der Waals surface area contributed by atoms with E-state index >= 15 is 0 Å². The normalized spacial score (nSPS) is 21.5. The molecule has 6 heteroatoms. The molecular weight excluding hydrogens is 448 g/mol. The van der Waals surface area contributed by atoms with Gasteiger partial charge in [0.1, 0.15) is 0 Å². The molecule has 1 saturated heterocycles. The number of rotatable bonds is 4. The second kappa shape index (κ2) is 9.11. The van der Waals surface area contributed by atoms with Gasteiger partial charge in [-0.1, -0.05) is 43.0 Å². The lowest BCUT2D eigenvalue weighted by molar-refractivity contribution is 0.197. The number of aryl methyl sites for hydroxylation is 1. The van der Waals surface area contributed by atoms with Crippen molar-refractivity contribution >= 4 is 28.9 Å². The van der Waals surface area contributed by atoms with Crippen LogP contribution in [0.25, 0.3) is 5.69 Å². The zero-order valence-electron chi connectivity index (χ0n) is 19.5. The maximum atomic E-state index is 6.49. The molecule has 1 saturated carbocycles. The van der Waals surface area contributed by atoms with E-state index in [1.54, 1.807) is 0 Å². The third-order valence-corrected chi connectivity index (χ3v) is 8.11. The Hall–Kier alpha value is -2.37. The van der Waals surface area contributed by atoms with Crippen molar-refractivity contribution in [2.75, 3.05) is 0 Å². The second-order valence-corrected chi connectivity index (χ2v) is 10.2. The summed E-state index contributed by atoms with van der Waals surface area (Å²) in [5.41, 5.74) is 7.01. The van der Waals surface area contributed by atoms with Crippen molar-refractivity contribution in [1.29, 1.82) is 0 Å². The minimum Gasteiger partial charge on any atom is -0.352 e. The quantitative estimate of drug-likeness (QED) is 0.420. The highest BCUT2D eigenvalue weighted by atomic mass is 35.5. The molecule has 1 aromatic carbocycles. The van der Waals surface area contributed by atoms with Gasteiger partial charge in [0.25, 0.3) is 0 Å². The van der Waals surface area contributed by atoms with Crippen LogP contribution in [0.4, 0.5) is 0 Å². The minimum absolute atomic E-state index is 0.0232. The number of hydrogen-bond acceptors (Lipinski definition) is 2. The zero-order chi connectivity index (χ0) is 23.1. The molecule has 33 heavy (non-hydrogen) atoms. The summed E-state index contributed by atoms with van der Waals surface area (Å²) >= 11 is 12.4. The minimum atomic E-state index is 0.0232. The lowest BCUT2D eigenvalue weighted by Crippen LogP contribution is -2.40. The van der Waals surface area contributed by atoms with Crippen LogP contribution in [0.5, 0.6) is 0 Å². The molecule has 5 rings (SSSR count). The largest absolute Gasteiger partial charge is 0.352 e. The third-order valence-electron chi connectivity index (χ3n) is 7.37. The van der Waals surface area contributed by atoms with E-state index in [-0.39, 0.29) is 12.1 Å². The van der Waals surface area contributed by atoms with Crippen LogP contribution in [0.15, 0.2) is 48.7 Å². The van der Waals surface area contributed by atoms with E-state index in [0.29, 0.717) is 6.04 Å². The van der Waals surface area contributed by atoms with E-state index in [9.17, 15) is 0 Å². The maximum absolute atomic E-state index is 6.49. The molecule has 0 radical (unpaired) electrons. The fourth-order valence-electron chi connectivity index (χ4n) is 5.75. The summed E-state index contributed by atoms with van der Waals surface area (Å²) in [6.07, 6.45) is 8.12. The van der Waals surface area contributed by atoms with Gasteiger partial charge in [-0.05, 0) is 87.3 Å². The smallest absolute Gasteiger partial charge is 0.170 e. The lowest BCUT2D eigenvalue weighted by Gasteiger charge is -2.37. The van der Waals surface area contributed by atoms with Crippen molar-refractivity contribution in [2.45, 2.75) is 71.0 Å². The molecule has 3 aromatic rings. The fourth-order valence-corrected chi connectivity index (χ4v) is 6.31. The zero-order valence-corrected chi connectivity index (χ0v) is 21.1. The second-order valence-electron chi connectivity index (χ2n) is 9.37. The Morgan fingerprint density at radius 2 is 1.82 bits per heavy atom. The van der Waals surface area contributed by atoms with E-state index < -0.39 is 0 Å². The van der Waals surface area contributed by atoms with Crippen LogP contribution in [0.2, 0.25) is 5.02 Å². The van der Waals surface area contributed by atoms with E-state index in [0.717, 1.165) is 27.1 Å². The molecule has 172 valence electrons. The lowest BCUT2D eigenvalue weighted by atomic mass is 9.90. The first-order chi connectivity index (χ1) is 16.0. The van der Waals surface area contributed by atoms with Crippen molar-refractivity contribution in [2.24, 2.45) is 0 Å². The Balaban J connectivity index is 1.65. The van der Waals surface area contributed by atoms with Gasteiger partial charge in [-0.15, -0.1) is 0 Å². The topological polar surface area (TPSA) is 33.1 Å². The third kappa shape index (κ3) is 3.95. The van der Waals surface area contributed by atoms with Crippen LogP contribution in [-0.4, -0.2) is 25.6 Å². The monoisotopic (exact) mass is 478 g/mol. The molecule has 3 heterocycles. The number of nitrogens with zero attached hydrogens (tertiary/aromatic N) is 3. The van der Waals surface area contributed by atoms with Gasteiger partial charge in [0.05, 0.1) is 17.8 Å². The molecule has 1 aliphatic heterocycles. The highest BCUT2D eigenvalue weighted by Gasteiger charge is 2.44. The molecule has 0 bridgehead atoms. The predicted octanol–water partition coefficient (Wildman–Crippen LogP) is 6.76. The fraction of sp³-hybridized carbons (Fsp3) is 0.407. The van der Waals surface area contributed by atoms with Crippen LogP contribution in [0, 0.1) is 20.8 Å². The van der Waals surface area contributed by atoms with E-state index in [4.69, 9.17) is 28.8 Å². The van der Waals surface area contributed by atoms with Crippen molar-refractivity contribution in [1.82, 2.24) is 19.8 Å². The van der Waals surface area contributed by atoms with E-state index in [2.05, 4.69) is 59.8 Å². The van der Waals surface area contributed by atoms with Crippen molar-refractivity contribution in [3.8, 4) is 5.69 Å². The maximum Gasteiger partial charge on any atom is 0.170 e. The summed E-state index contributed by atoms with van der Waals surface area (Å²) in [5, 5.41) is 5.29. The molecule has 2 aliphatic rings. The van der Waals surface area contributed by atoms with Crippen molar-refractivity contribution in [3.63, 3.8) is 0 Å². The number of benzene rings is 1. The van der Waals surface area contributed by atoms with Crippen LogP contribution in [0.3, 0.4) is 0 Å². The molecular formula is C27H31ClN4S. The van der Waals surface area contributed by atoms with Gasteiger partial charge >= 0.3 is 0 Å². The number of halogens is 1. The Morgan fingerprint density at radius 1 is 1.03 bits per heavy atom. The van der Waals surface area contributed by atoms with Crippen molar-refractivity contribution in [3.05, 3.63) is 81.9 Å². The molecule has 0 amide bonds. The SMILES string of the molecule is Cc1c(Cl)cccc1-n1c(C)cc([C@@H]2[C@H](c3ccccn3)NC(=S)N2C2CCCCC2)c1C. The first-order valence-electron chi connectivity index (χ1n) is 11.9. The molecule has 1 N–H and O–H groups in total. The number of hydrogen-bond donors (Lipinski definition) is 1. The predicted molar refractivity (Wildman–Crippen MR) is 139 cm³/mol. The van der Waals surface area contributed by atoms with Gasteiger partial charge in [0, 0.05) is 34.3 Å². The van der Waals surface area contributed by atoms with Gasteiger partial charge in [-0.25, -0.2) is 0 Å². The molecule has 0 spiro atoms.